The Balaban J connectivity index is 1.96. The second-order valence-corrected chi connectivity index (χ2v) is 5.76. The molecule has 5 heteroatoms. The predicted octanol–water partition coefficient (Wildman–Crippen LogP) is 2.05. The maximum Gasteiger partial charge on any atom is 0.122 e. The minimum Gasteiger partial charge on any atom is -0.544 e. The smallest absolute Gasteiger partial charge is 0.122 e. The zero-order chi connectivity index (χ0) is 14.7. The van der Waals surface area contributed by atoms with E-state index in [1.165, 1.54) is 5.56 Å². The fourth-order valence-electron chi connectivity index (χ4n) is 1.96. The van der Waals surface area contributed by atoms with Crippen molar-refractivity contribution < 1.29 is 14.6 Å². The van der Waals surface area contributed by atoms with Gasteiger partial charge in [0, 0.05) is 6.42 Å². The first-order valence-electron chi connectivity index (χ1n) is 6.35. The van der Waals surface area contributed by atoms with Crippen molar-refractivity contribution in [1.82, 2.24) is 4.98 Å². The third-order valence-electron chi connectivity index (χ3n) is 2.93. The number of carbonyl (C=O) groups excluding carboxylic acids is 1. The van der Waals surface area contributed by atoms with Crippen LogP contribution in [0.15, 0.2) is 18.2 Å². The van der Waals surface area contributed by atoms with E-state index in [1.54, 1.807) is 6.92 Å². The molecule has 0 saturated heterocycles. The number of carboxylic acids is 1. The number of ether oxygens (including phenoxy) is 1. The van der Waals surface area contributed by atoms with Gasteiger partial charge in [0.2, 0.25) is 0 Å². The number of benzene rings is 1. The van der Waals surface area contributed by atoms with Crippen molar-refractivity contribution in [1.29, 1.82) is 0 Å². The Hall–Kier alpha value is -1.88. The highest BCUT2D eigenvalue weighted by Crippen LogP contribution is 2.20. The third-order valence-corrected chi connectivity index (χ3v) is 4.13. The number of carboxylic acid groups (broad SMARTS) is 1. The zero-order valence-corrected chi connectivity index (χ0v) is 12.5. The summed E-state index contributed by atoms with van der Waals surface area (Å²) >= 11 is 1.16. The first kappa shape index (κ1) is 14.5. The Bertz CT molecular complexity index is 634. The summed E-state index contributed by atoms with van der Waals surface area (Å²) in [4.78, 5) is 15.3. The highest BCUT2D eigenvalue weighted by molar-refractivity contribution is 7.13. The van der Waals surface area contributed by atoms with Gasteiger partial charge in [-0.2, -0.15) is 0 Å². The average molecular weight is 290 g/mol. The number of nitrogens with zero attached hydrogens (tertiary/aromatic N) is 1. The van der Waals surface area contributed by atoms with Crippen LogP contribution in [-0.2, 0) is 6.42 Å². The van der Waals surface area contributed by atoms with Crippen molar-refractivity contribution in [2.24, 2.45) is 0 Å². The molecule has 0 N–H and O–H groups in total. The standard InChI is InChI=1S/C15H17NO3S/c1-9-4-5-12(10(2)8-9)19-7-6-13-16-11(3)14(20-13)15(17)18/h4-5,8H,6-7H2,1-3H3,(H,17,18)/p-1. The first-order valence-corrected chi connectivity index (χ1v) is 7.16. The summed E-state index contributed by atoms with van der Waals surface area (Å²) in [6.07, 6.45) is 0.589. The van der Waals surface area contributed by atoms with Crippen LogP contribution in [0.25, 0.3) is 0 Å². The van der Waals surface area contributed by atoms with Crippen LogP contribution in [0.1, 0.15) is 31.5 Å². The molecule has 1 aromatic heterocycles. The summed E-state index contributed by atoms with van der Waals surface area (Å²) in [5.41, 5.74) is 2.80. The maximum absolute atomic E-state index is 10.8. The second kappa shape index (κ2) is 6.05. The van der Waals surface area contributed by atoms with E-state index in [1.807, 2.05) is 26.0 Å². The van der Waals surface area contributed by atoms with Gasteiger partial charge in [0.15, 0.2) is 0 Å². The van der Waals surface area contributed by atoms with Gasteiger partial charge < -0.3 is 14.6 Å². The van der Waals surface area contributed by atoms with Crippen LogP contribution < -0.4 is 9.84 Å². The molecule has 20 heavy (non-hydrogen) atoms. The quantitative estimate of drug-likeness (QED) is 0.845. The predicted molar refractivity (Wildman–Crippen MR) is 76.3 cm³/mol. The Labute approximate surface area is 122 Å². The number of aromatic carboxylic acids is 1. The van der Waals surface area contributed by atoms with Gasteiger partial charge in [0.05, 0.1) is 28.2 Å². The Morgan fingerprint density at radius 1 is 1.35 bits per heavy atom. The molecule has 106 valence electrons. The van der Waals surface area contributed by atoms with Crippen molar-refractivity contribution >= 4 is 17.3 Å². The SMILES string of the molecule is Cc1ccc(OCCc2nc(C)c(C(=O)[O-])s2)c(C)c1. The highest BCUT2D eigenvalue weighted by Gasteiger charge is 2.08. The normalized spacial score (nSPS) is 10.6. The molecule has 0 radical (unpaired) electrons. The molecule has 2 aromatic rings. The molecule has 1 aromatic carbocycles. The minimum atomic E-state index is -1.17. The van der Waals surface area contributed by atoms with Crippen molar-refractivity contribution in [3.8, 4) is 5.75 Å². The van der Waals surface area contributed by atoms with Crippen LogP contribution in [0.5, 0.6) is 5.75 Å². The number of rotatable bonds is 5. The van der Waals surface area contributed by atoms with Gasteiger partial charge in [-0.25, -0.2) is 4.98 Å². The molecular formula is C15H16NO3S-. The van der Waals surface area contributed by atoms with E-state index in [4.69, 9.17) is 4.74 Å². The van der Waals surface area contributed by atoms with Gasteiger partial charge in [0.1, 0.15) is 5.75 Å². The molecule has 0 aliphatic rings. The average Bonchev–Trinajstić information content (AvgIpc) is 2.73. The van der Waals surface area contributed by atoms with Crippen LogP contribution in [0.3, 0.4) is 0 Å². The topological polar surface area (TPSA) is 62.2 Å². The number of hydrogen-bond donors (Lipinski definition) is 0. The fraction of sp³-hybridized carbons (Fsp3) is 0.333. The fourth-order valence-corrected chi connectivity index (χ4v) is 2.84. The van der Waals surface area contributed by atoms with E-state index in [-0.39, 0.29) is 4.88 Å². The van der Waals surface area contributed by atoms with Gasteiger partial charge in [-0.1, -0.05) is 17.7 Å². The van der Waals surface area contributed by atoms with Gasteiger partial charge in [-0.05, 0) is 32.4 Å². The molecule has 0 aliphatic heterocycles. The molecule has 0 fully saturated rings. The molecule has 1 heterocycles. The van der Waals surface area contributed by atoms with Crippen LogP contribution in [-0.4, -0.2) is 17.6 Å². The first-order chi connectivity index (χ1) is 9.47. The van der Waals surface area contributed by atoms with E-state index < -0.39 is 5.97 Å². The summed E-state index contributed by atoms with van der Waals surface area (Å²) in [5.74, 6) is -0.314. The van der Waals surface area contributed by atoms with Gasteiger partial charge in [0.25, 0.3) is 0 Å². The lowest BCUT2D eigenvalue weighted by molar-refractivity contribution is -0.254. The summed E-state index contributed by atoms with van der Waals surface area (Å²) < 4.78 is 5.71. The van der Waals surface area contributed by atoms with Crippen molar-refractivity contribution in [2.75, 3.05) is 6.61 Å². The van der Waals surface area contributed by atoms with E-state index in [9.17, 15) is 9.90 Å². The zero-order valence-electron chi connectivity index (χ0n) is 11.7. The summed E-state index contributed by atoms with van der Waals surface area (Å²) in [6.45, 7) is 6.19. The van der Waals surface area contributed by atoms with Gasteiger partial charge in [-0.15, -0.1) is 11.3 Å². The molecular weight excluding hydrogens is 274 g/mol. The van der Waals surface area contributed by atoms with Crippen LogP contribution in [0, 0.1) is 20.8 Å². The van der Waals surface area contributed by atoms with Gasteiger partial charge in [-0.3, -0.25) is 0 Å². The lowest BCUT2D eigenvalue weighted by Crippen LogP contribution is -2.21. The molecule has 2 rings (SSSR count). The molecule has 0 atom stereocenters. The largest absolute Gasteiger partial charge is 0.544 e. The molecule has 0 unspecified atom stereocenters. The van der Waals surface area contributed by atoms with Crippen LogP contribution in [0.2, 0.25) is 0 Å². The molecule has 0 saturated carbocycles. The van der Waals surface area contributed by atoms with Crippen molar-refractivity contribution in [2.45, 2.75) is 27.2 Å². The van der Waals surface area contributed by atoms with Crippen molar-refractivity contribution in [3.63, 3.8) is 0 Å². The lowest BCUT2D eigenvalue weighted by Gasteiger charge is -2.08. The molecule has 0 spiro atoms. The number of hydrogen-bond acceptors (Lipinski definition) is 5. The van der Waals surface area contributed by atoms with Crippen LogP contribution >= 0.6 is 11.3 Å². The Morgan fingerprint density at radius 2 is 2.10 bits per heavy atom. The minimum absolute atomic E-state index is 0.200. The van der Waals surface area contributed by atoms with E-state index in [2.05, 4.69) is 11.1 Å². The van der Waals surface area contributed by atoms with E-state index >= 15 is 0 Å². The Kier molecular flexibility index (Phi) is 4.39. The number of aromatic nitrogens is 1. The third kappa shape index (κ3) is 3.36. The Morgan fingerprint density at radius 3 is 2.70 bits per heavy atom. The summed E-state index contributed by atoms with van der Waals surface area (Å²) in [6, 6.07) is 6.02. The number of thiazole rings is 1. The molecule has 0 aliphatic carbocycles. The number of carbonyl (C=O) groups is 1. The molecule has 0 amide bonds. The van der Waals surface area contributed by atoms with E-state index in [0.717, 1.165) is 27.7 Å². The molecule has 4 nitrogen and oxygen atoms in total. The molecule has 0 bridgehead atoms. The summed E-state index contributed by atoms with van der Waals surface area (Å²) in [5, 5.41) is 11.6. The maximum atomic E-state index is 10.8. The van der Waals surface area contributed by atoms with Crippen molar-refractivity contribution in [3.05, 3.63) is 44.9 Å². The van der Waals surface area contributed by atoms with Crippen LogP contribution in [0.4, 0.5) is 0 Å². The summed E-state index contributed by atoms with van der Waals surface area (Å²) in [7, 11) is 0. The highest BCUT2D eigenvalue weighted by atomic mass is 32.1. The second-order valence-electron chi connectivity index (χ2n) is 4.68. The lowest BCUT2D eigenvalue weighted by atomic mass is 10.1. The van der Waals surface area contributed by atoms with E-state index in [0.29, 0.717) is 18.7 Å². The van der Waals surface area contributed by atoms with Gasteiger partial charge >= 0.3 is 0 Å². The monoisotopic (exact) mass is 290 g/mol. The number of aryl methyl sites for hydroxylation is 3.